The van der Waals surface area contributed by atoms with Crippen LogP contribution >= 0.6 is 15.9 Å². The van der Waals surface area contributed by atoms with Gasteiger partial charge in [0.15, 0.2) is 0 Å². The quantitative estimate of drug-likeness (QED) is 0.560. The van der Waals surface area contributed by atoms with Crippen LogP contribution in [0.1, 0.15) is 25.3 Å². The highest BCUT2D eigenvalue weighted by Crippen LogP contribution is 2.26. The van der Waals surface area contributed by atoms with Gasteiger partial charge in [-0.3, -0.25) is 4.90 Å². The molecule has 0 saturated carbocycles. The number of rotatable bonds is 7. The minimum absolute atomic E-state index is 0.0371. The first-order chi connectivity index (χ1) is 13.3. The van der Waals surface area contributed by atoms with Gasteiger partial charge in [0.2, 0.25) is 0 Å². The van der Waals surface area contributed by atoms with Crippen molar-refractivity contribution in [3.63, 3.8) is 0 Å². The molecular weight excluding hydrogens is 444 g/mol. The second kappa shape index (κ2) is 8.53. The largest absolute Gasteiger partial charge is 0.379 e. The van der Waals surface area contributed by atoms with E-state index in [1.165, 1.54) is 12.1 Å². The Morgan fingerprint density at radius 3 is 2.46 bits per heavy atom. The van der Waals surface area contributed by atoms with Gasteiger partial charge in [0.1, 0.15) is 10.6 Å². The Bertz CT molecular complexity index is 940. The van der Waals surface area contributed by atoms with E-state index in [4.69, 9.17) is 4.18 Å². The number of nitrogens with zero attached hydrogens (tertiary/aromatic N) is 2. The van der Waals surface area contributed by atoms with Crippen LogP contribution in [0.2, 0.25) is 0 Å². The SMILES string of the molecule is CCCCN1CCN(c2ccc(S(=O)(=O)Oc3cc(C)cc(Br)c3)cc2)C1=O. The Labute approximate surface area is 174 Å². The van der Waals surface area contributed by atoms with Gasteiger partial charge in [0.25, 0.3) is 0 Å². The second-order valence-corrected chi connectivity index (χ2v) is 9.23. The van der Waals surface area contributed by atoms with Crippen LogP contribution in [0.5, 0.6) is 5.75 Å². The van der Waals surface area contributed by atoms with E-state index in [1.807, 2.05) is 17.9 Å². The van der Waals surface area contributed by atoms with Crippen molar-refractivity contribution in [1.82, 2.24) is 4.90 Å². The van der Waals surface area contributed by atoms with Crippen LogP contribution in [-0.4, -0.2) is 39.0 Å². The van der Waals surface area contributed by atoms with Crippen molar-refractivity contribution in [2.45, 2.75) is 31.6 Å². The zero-order valence-corrected chi connectivity index (χ0v) is 18.3. The van der Waals surface area contributed by atoms with E-state index in [2.05, 4.69) is 22.9 Å². The van der Waals surface area contributed by atoms with Crippen molar-refractivity contribution in [1.29, 1.82) is 0 Å². The van der Waals surface area contributed by atoms with Gasteiger partial charge in [0.05, 0.1) is 0 Å². The molecule has 1 saturated heterocycles. The number of unbranched alkanes of at least 4 members (excludes halogenated alkanes) is 1. The third-order valence-corrected chi connectivity index (χ3v) is 6.25. The Morgan fingerprint density at radius 2 is 1.82 bits per heavy atom. The van der Waals surface area contributed by atoms with Gasteiger partial charge in [-0.05, 0) is 61.4 Å². The molecule has 3 rings (SSSR count). The van der Waals surface area contributed by atoms with Crippen molar-refractivity contribution >= 4 is 37.8 Å². The highest BCUT2D eigenvalue weighted by Gasteiger charge is 2.29. The molecule has 2 aromatic rings. The minimum atomic E-state index is -3.96. The van der Waals surface area contributed by atoms with Gasteiger partial charge in [-0.2, -0.15) is 8.42 Å². The summed E-state index contributed by atoms with van der Waals surface area (Å²) in [5.74, 6) is 0.247. The summed E-state index contributed by atoms with van der Waals surface area (Å²) in [6.45, 7) is 5.98. The third kappa shape index (κ3) is 4.67. The van der Waals surface area contributed by atoms with Crippen molar-refractivity contribution in [3.05, 3.63) is 52.5 Å². The van der Waals surface area contributed by atoms with Gasteiger partial charge in [-0.15, -0.1) is 0 Å². The number of carbonyl (C=O) groups is 1. The van der Waals surface area contributed by atoms with E-state index in [0.717, 1.165) is 29.4 Å². The zero-order valence-electron chi connectivity index (χ0n) is 15.9. The lowest BCUT2D eigenvalue weighted by Crippen LogP contribution is -2.32. The van der Waals surface area contributed by atoms with Gasteiger partial charge in [-0.25, -0.2) is 4.79 Å². The molecule has 2 aromatic carbocycles. The van der Waals surface area contributed by atoms with Crippen LogP contribution in [0.15, 0.2) is 51.8 Å². The van der Waals surface area contributed by atoms with Crippen LogP contribution < -0.4 is 9.08 Å². The van der Waals surface area contributed by atoms with E-state index >= 15 is 0 Å². The Morgan fingerprint density at radius 1 is 1.11 bits per heavy atom. The maximum Gasteiger partial charge on any atom is 0.339 e. The number of halogens is 1. The van der Waals surface area contributed by atoms with Gasteiger partial charge >= 0.3 is 16.1 Å². The molecule has 0 unspecified atom stereocenters. The molecule has 0 N–H and O–H groups in total. The van der Waals surface area contributed by atoms with E-state index in [-0.39, 0.29) is 16.7 Å². The molecule has 1 fully saturated rings. The summed E-state index contributed by atoms with van der Waals surface area (Å²) in [4.78, 5) is 16.0. The number of anilines is 1. The summed E-state index contributed by atoms with van der Waals surface area (Å²) >= 11 is 3.33. The first-order valence-corrected chi connectivity index (χ1v) is 11.4. The monoisotopic (exact) mass is 466 g/mol. The molecule has 8 heteroatoms. The topological polar surface area (TPSA) is 66.9 Å². The molecule has 150 valence electrons. The maximum absolute atomic E-state index is 12.6. The first kappa shape index (κ1) is 20.7. The highest BCUT2D eigenvalue weighted by molar-refractivity contribution is 9.10. The third-order valence-electron chi connectivity index (χ3n) is 4.54. The second-order valence-electron chi connectivity index (χ2n) is 6.77. The van der Waals surface area contributed by atoms with Crippen molar-refractivity contribution in [2.24, 2.45) is 0 Å². The fourth-order valence-corrected chi connectivity index (χ4v) is 4.60. The molecule has 0 aromatic heterocycles. The predicted octanol–water partition coefficient (Wildman–Crippen LogP) is 4.57. The lowest BCUT2D eigenvalue weighted by atomic mass is 10.2. The summed E-state index contributed by atoms with van der Waals surface area (Å²) in [6.07, 6.45) is 2.01. The summed E-state index contributed by atoms with van der Waals surface area (Å²) in [5, 5.41) is 0. The molecule has 1 heterocycles. The van der Waals surface area contributed by atoms with Gasteiger partial charge in [-0.1, -0.05) is 29.3 Å². The number of hydrogen-bond acceptors (Lipinski definition) is 4. The Kier molecular flexibility index (Phi) is 6.30. The summed E-state index contributed by atoms with van der Waals surface area (Å²) in [6, 6.07) is 11.3. The van der Waals surface area contributed by atoms with Crippen molar-refractivity contribution in [3.8, 4) is 5.75 Å². The number of hydrogen-bond donors (Lipinski definition) is 0. The molecule has 0 radical (unpaired) electrons. The average molecular weight is 467 g/mol. The summed E-state index contributed by atoms with van der Waals surface area (Å²) in [5.41, 5.74) is 1.57. The van der Waals surface area contributed by atoms with E-state index < -0.39 is 10.1 Å². The molecule has 1 aliphatic rings. The normalized spacial score (nSPS) is 14.6. The molecule has 0 bridgehead atoms. The molecule has 28 heavy (non-hydrogen) atoms. The Balaban J connectivity index is 1.74. The number of carbonyl (C=O) groups excluding carboxylic acids is 1. The predicted molar refractivity (Wildman–Crippen MR) is 112 cm³/mol. The number of amides is 2. The lowest BCUT2D eigenvalue weighted by molar-refractivity contribution is 0.220. The smallest absolute Gasteiger partial charge is 0.339 e. The average Bonchev–Trinajstić information content (AvgIpc) is 2.99. The van der Waals surface area contributed by atoms with E-state index in [1.54, 1.807) is 29.2 Å². The molecule has 0 spiro atoms. The van der Waals surface area contributed by atoms with E-state index in [0.29, 0.717) is 18.8 Å². The Hall–Kier alpha value is -2.06. The van der Waals surface area contributed by atoms with Crippen molar-refractivity contribution < 1.29 is 17.4 Å². The summed E-state index contributed by atoms with van der Waals surface area (Å²) < 4.78 is 31.1. The van der Waals surface area contributed by atoms with Crippen LogP contribution in [0.25, 0.3) is 0 Å². The standard InChI is InChI=1S/C20H23BrN2O4S/c1-3-4-9-22-10-11-23(20(22)24)17-5-7-19(8-6-17)28(25,26)27-18-13-15(2)12-16(21)14-18/h5-8,12-14H,3-4,9-11H2,1-2H3. The minimum Gasteiger partial charge on any atom is -0.379 e. The van der Waals surface area contributed by atoms with Gasteiger partial charge < -0.3 is 9.08 Å². The fraction of sp³-hybridized carbons (Fsp3) is 0.350. The van der Waals surface area contributed by atoms with Crippen LogP contribution in [0.4, 0.5) is 10.5 Å². The maximum atomic E-state index is 12.6. The van der Waals surface area contributed by atoms with Crippen LogP contribution in [-0.2, 0) is 10.1 Å². The first-order valence-electron chi connectivity index (χ1n) is 9.18. The van der Waals surface area contributed by atoms with Crippen LogP contribution in [0.3, 0.4) is 0 Å². The van der Waals surface area contributed by atoms with E-state index in [9.17, 15) is 13.2 Å². The molecule has 1 aliphatic heterocycles. The fourth-order valence-electron chi connectivity index (χ4n) is 3.10. The number of aryl methyl sites for hydroxylation is 1. The van der Waals surface area contributed by atoms with Crippen molar-refractivity contribution in [2.75, 3.05) is 24.5 Å². The van der Waals surface area contributed by atoms with Crippen LogP contribution in [0, 0.1) is 6.92 Å². The lowest BCUT2D eigenvalue weighted by Gasteiger charge is -2.18. The van der Waals surface area contributed by atoms with Gasteiger partial charge in [0, 0.05) is 29.8 Å². The molecule has 6 nitrogen and oxygen atoms in total. The molecule has 2 amide bonds. The zero-order chi connectivity index (χ0) is 20.3. The molecular formula is C20H23BrN2O4S. The molecule has 0 aliphatic carbocycles. The number of benzene rings is 2. The molecule has 0 atom stereocenters. The highest BCUT2D eigenvalue weighted by atomic mass is 79.9. The summed E-state index contributed by atoms with van der Waals surface area (Å²) in [7, 11) is -3.96. The number of urea groups is 1.